The molecule has 5 aromatic rings. The Labute approximate surface area is 228 Å². The number of anilines is 1. The van der Waals surface area contributed by atoms with Gasteiger partial charge in [0, 0.05) is 49.7 Å². The molecule has 1 fully saturated rings. The lowest BCUT2D eigenvalue weighted by atomic mass is 9.96. The lowest BCUT2D eigenvalue weighted by Crippen LogP contribution is -2.47. The smallest absolute Gasteiger partial charge is 0.157 e. The van der Waals surface area contributed by atoms with Gasteiger partial charge in [-0.2, -0.15) is 5.26 Å². The molecule has 0 radical (unpaired) electrons. The molecule has 1 aliphatic heterocycles. The van der Waals surface area contributed by atoms with E-state index >= 15 is 0 Å². The Morgan fingerprint density at radius 1 is 0.868 bits per heavy atom. The number of fused-ring (bicyclic) bond motifs is 3. The predicted octanol–water partition coefficient (Wildman–Crippen LogP) is 6.54. The number of para-hydroxylation sites is 2. The molecule has 0 saturated carbocycles. The van der Waals surface area contributed by atoms with Gasteiger partial charge < -0.3 is 4.90 Å². The highest BCUT2D eigenvalue weighted by Gasteiger charge is 2.27. The summed E-state index contributed by atoms with van der Waals surface area (Å²) >= 11 is 6.09. The van der Waals surface area contributed by atoms with Crippen LogP contribution >= 0.6 is 11.6 Å². The molecular weight excluding hydrogens is 490 g/mol. The van der Waals surface area contributed by atoms with Crippen LogP contribution in [0.5, 0.6) is 0 Å². The summed E-state index contributed by atoms with van der Waals surface area (Å²) in [6.45, 7) is 8.84. The third-order valence-corrected chi connectivity index (χ3v) is 7.95. The summed E-state index contributed by atoms with van der Waals surface area (Å²) < 4.78 is 2.24. The van der Waals surface area contributed by atoms with E-state index in [1.54, 1.807) is 0 Å². The number of imidazole rings is 1. The highest BCUT2D eigenvalue weighted by Crippen LogP contribution is 2.35. The van der Waals surface area contributed by atoms with Crippen LogP contribution in [0.4, 0.5) is 5.82 Å². The zero-order valence-electron chi connectivity index (χ0n) is 21.8. The zero-order chi connectivity index (χ0) is 26.2. The second-order valence-corrected chi connectivity index (χ2v) is 10.7. The largest absolute Gasteiger partial charge is 0.355 e. The van der Waals surface area contributed by atoms with Gasteiger partial charge in [0.25, 0.3) is 0 Å². The molecule has 0 N–H and O–H groups in total. The Morgan fingerprint density at radius 2 is 1.55 bits per heavy atom. The summed E-state index contributed by atoms with van der Waals surface area (Å²) in [4.78, 5) is 9.93. The number of aryl methyl sites for hydroxylation is 1. The number of nitrogens with zero attached hydrogens (tertiary/aromatic N) is 5. The Kier molecular flexibility index (Phi) is 6.53. The van der Waals surface area contributed by atoms with Gasteiger partial charge in [0.15, 0.2) is 5.65 Å². The molecule has 6 heteroatoms. The minimum absolute atomic E-state index is 0.661. The first-order valence-corrected chi connectivity index (χ1v) is 13.5. The van der Waals surface area contributed by atoms with Gasteiger partial charge in [0.2, 0.25) is 0 Å². The van der Waals surface area contributed by atoms with E-state index in [0.29, 0.717) is 5.56 Å². The fourth-order valence-corrected chi connectivity index (χ4v) is 5.71. The van der Waals surface area contributed by atoms with E-state index in [9.17, 15) is 5.26 Å². The molecule has 190 valence electrons. The van der Waals surface area contributed by atoms with Crippen molar-refractivity contribution in [2.24, 2.45) is 0 Å². The molecule has 38 heavy (non-hydrogen) atoms. The average molecular weight is 520 g/mol. The van der Waals surface area contributed by atoms with E-state index in [-0.39, 0.29) is 0 Å². The molecule has 0 amide bonds. The van der Waals surface area contributed by atoms with E-state index in [1.165, 1.54) is 22.3 Å². The maximum Gasteiger partial charge on any atom is 0.157 e. The fourth-order valence-electron chi connectivity index (χ4n) is 5.58. The number of rotatable bonds is 5. The molecule has 2 aromatic heterocycles. The van der Waals surface area contributed by atoms with Crippen molar-refractivity contribution >= 4 is 34.1 Å². The number of nitriles is 1. The number of benzene rings is 3. The number of piperazine rings is 1. The monoisotopic (exact) mass is 519 g/mol. The zero-order valence-corrected chi connectivity index (χ0v) is 22.5. The summed E-state index contributed by atoms with van der Waals surface area (Å²) in [6.07, 6.45) is 0.767. The molecule has 0 unspecified atom stereocenters. The van der Waals surface area contributed by atoms with Crippen molar-refractivity contribution in [3.63, 3.8) is 0 Å². The van der Waals surface area contributed by atoms with Crippen LogP contribution in [0.3, 0.4) is 0 Å². The van der Waals surface area contributed by atoms with Crippen LogP contribution in [0.15, 0.2) is 72.8 Å². The van der Waals surface area contributed by atoms with Crippen LogP contribution in [0.25, 0.3) is 16.7 Å². The molecule has 1 saturated heterocycles. The Hall–Kier alpha value is -3.85. The van der Waals surface area contributed by atoms with Crippen molar-refractivity contribution in [3.05, 3.63) is 111 Å². The second-order valence-electron chi connectivity index (χ2n) is 10.2. The van der Waals surface area contributed by atoms with Crippen LogP contribution in [0.1, 0.15) is 33.4 Å². The average Bonchev–Trinajstić information content (AvgIpc) is 3.31. The number of hydrogen-bond acceptors (Lipinski definition) is 4. The standard InChI is InChI=1S/C32H30ClN5/c1-22-7-9-24(10-8-22)19-27-23(2)28(20-34)31-35-29-5-3-4-6-30(29)38(31)32(27)37-17-15-36(16-18-37)21-25-11-13-26(33)14-12-25/h3-14H,15-19,21H2,1-2H3. The molecule has 1 aliphatic rings. The fraction of sp³-hybridized carbons (Fsp3) is 0.250. The number of halogens is 1. The van der Waals surface area contributed by atoms with Gasteiger partial charge in [-0.1, -0.05) is 65.7 Å². The van der Waals surface area contributed by atoms with Crippen molar-refractivity contribution in [2.45, 2.75) is 26.8 Å². The highest BCUT2D eigenvalue weighted by atomic mass is 35.5. The first-order chi connectivity index (χ1) is 18.5. The maximum atomic E-state index is 10.2. The third-order valence-electron chi connectivity index (χ3n) is 7.70. The maximum absolute atomic E-state index is 10.2. The minimum Gasteiger partial charge on any atom is -0.355 e. The van der Waals surface area contributed by atoms with E-state index < -0.39 is 0 Å². The van der Waals surface area contributed by atoms with Gasteiger partial charge in [-0.05, 0) is 54.8 Å². The van der Waals surface area contributed by atoms with Gasteiger partial charge in [0.05, 0.1) is 16.6 Å². The van der Waals surface area contributed by atoms with Crippen LogP contribution in [0.2, 0.25) is 5.02 Å². The Bertz CT molecular complexity index is 1650. The lowest BCUT2D eigenvalue weighted by Gasteiger charge is -2.38. The summed E-state index contributed by atoms with van der Waals surface area (Å²) in [5, 5.41) is 11.0. The molecular formula is C32H30ClN5. The quantitative estimate of drug-likeness (QED) is 0.264. The second kappa shape index (κ2) is 10.1. The topological polar surface area (TPSA) is 47.6 Å². The normalized spacial score (nSPS) is 14.3. The Morgan fingerprint density at radius 3 is 2.26 bits per heavy atom. The van der Waals surface area contributed by atoms with Crippen LogP contribution in [-0.4, -0.2) is 40.5 Å². The molecule has 3 heterocycles. The predicted molar refractivity (Wildman–Crippen MR) is 155 cm³/mol. The van der Waals surface area contributed by atoms with E-state index in [1.807, 2.05) is 24.3 Å². The summed E-state index contributed by atoms with van der Waals surface area (Å²) in [5.41, 5.74) is 9.36. The van der Waals surface area contributed by atoms with Gasteiger partial charge in [-0.25, -0.2) is 4.98 Å². The van der Waals surface area contributed by atoms with Gasteiger partial charge in [-0.3, -0.25) is 9.30 Å². The van der Waals surface area contributed by atoms with E-state index in [0.717, 1.165) is 72.2 Å². The molecule has 0 spiro atoms. The summed E-state index contributed by atoms with van der Waals surface area (Å²) in [5.74, 6) is 1.16. The first-order valence-electron chi connectivity index (χ1n) is 13.1. The van der Waals surface area contributed by atoms with Crippen LogP contribution in [-0.2, 0) is 13.0 Å². The van der Waals surface area contributed by atoms with Crippen molar-refractivity contribution in [2.75, 3.05) is 31.1 Å². The van der Waals surface area contributed by atoms with Crippen molar-refractivity contribution in [1.82, 2.24) is 14.3 Å². The molecule has 6 rings (SSSR count). The number of aromatic nitrogens is 2. The van der Waals surface area contributed by atoms with E-state index in [4.69, 9.17) is 16.6 Å². The number of hydrogen-bond donors (Lipinski definition) is 0. The molecule has 0 bridgehead atoms. The first kappa shape index (κ1) is 24.5. The van der Waals surface area contributed by atoms with Gasteiger partial charge in [-0.15, -0.1) is 0 Å². The van der Waals surface area contributed by atoms with Crippen molar-refractivity contribution < 1.29 is 0 Å². The molecule has 0 aliphatic carbocycles. The lowest BCUT2D eigenvalue weighted by molar-refractivity contribution is 0.249. The van der Waals surface area contributed by atoms with Crippen molar-refractivity contribution in [1.29, 1.82) is 5.26 Å². The van der Waals surface area contributed by atoms with Gasteiger partial charge in [0.1, 0.15) is 11.9 Å². The van der Waals surface area contributed by atoms with Crippen LogP contribution < -0.4 is 4.90 Å². The highest BCUT2D eigenvalue weighted by molar-refractivity contribution is 6.30. The Balaban J connectivity index is 1.43. The minimum atomic E-state index is 0.661. The van der Waals surface area contributed by atoms with Gasteiger partial charge >= 0.3 is 0 Å². The van der Waals surface area contributed by atoms with E-state index in [2.05, 4.69) is 82.6 Å². The number of pyridine rings is 1. The summed E-state index contributed by atoms with van der Waals surface area (Å²) in [6, 6.07) is 27.6. The molecule has 3 aromatic carbocycles. The van der Waals surface area contributed by atoms with Crippen molar-refractivity contribution in [3.8, 4) is 6.07 Å². The SMILES string of the molecule is Cc1ccc(Cc2c(C)c(C#N)c3nc4ccccc4n3c2N2CCN(Cc3ccc(Cl)cc3)CC2)cc1. The molecule has 5 nitrogen and oxygen atoms in total. The van der Waals surface area contributed by atoms with Crippen LogP contribution in [0, 0.1) is 25.2 Å². The molecule has 0 atom stereocenters. The third kappa shape index (κ3) is 4.51. The summed E-state index contributed by atoms with van der Waals surface area (Å²) in [7, 11) is 0.